The van der Waals surface area contributed by atoms with Gasteiger partial charge < -0.3 is 4.74 Å². The molecule has 0 heterocycles. The van der Waals surface area contributed by atoms with Gasteiger partial charge in [-0.25, -0.2) is 0 Å². The minimum atomic E-state index is -0.609. The van der Waals surface area contributed by atoms with Crippen LogP contribution in [0.15, 0.2) is 30.3 Å². The normalized spacial score (nSPS) is 13.4. The minimum Gasteiger partial charge on any atom is -0.461 e. The van der Waals surface area contributed by atoms with E-state index in [1.807, 2.05) is 37.3 Å². The number of carbonyl (C=O) groups is 1. The highest BCUT2D eigenvalue weighted by Gasteiger charge is 2.27. The van der Waals surface area contributed by atoms with Gasteiger partial charge in [0, 0.05) is 0 Å². The summed E-state index contributed by atoms with van der Waals surface area (Å²) in [5.41, 5.74) is 0.350. The van der Waals surface area contributed by atoms with Crippen molar-refractivity contribution in [2.75, 3.05) is 0 Å². The molecule has 96 valence electrons. The van der Waals surface area contributed by atoms with Gasteiger partial charge >= 0.3 is 5.97 Å². The molecule has 0 amide bonds. The van der Waals surface area contributed by atoms with Crippen molar-refractivity contribution < 1.29 is 9.53 Å². The van der Waals surface area contributed by atoms with Crippen molar-refractivity contribution in [3.63, 3.8) is 0 Å². The molecule has 0 aliphatic rings. The highest BCUT2D eigenvalue weighted by Crippen LogP contribution is 2.27. The molecule has 18 heavy (non-hydrogen) atoms. The first-order valence-electron chi connectivity index (χ1n) is 6.20. The molecular weight excluding hydrogens is 226 g/mol. The summed E-state index contributed by atoms with van der Waals surface area (Å²) < 4.78 is 5.18. The Morgan fingerprint density at radius 1 is 1.39 bits per heavy atom. The van der Waals surface area contributed by atoms with E-state index in [1.54, 1.807) is 6.92 Å². The Balaban J connectivity index is 2.45. The van der Waals surface area contributed by atoms with Gasteiger partial charge in [-0.05, 0) is 18.9 Å². The van der Waals surface area contributed by atoms with E-state index in [2.05, 4.69) is 6.07 Å². The molecule has 1 aromatic rings. The van der Waals surface area contributed by atoms with Crippen molar-refractivity contribution in [3.8, 4) is 6.07 Å². The summed E-state index contributed by atoms with van der Waals surface area (Å²) >= 11 is 0. The lowest BCUT2D eigenvalue weighted by atomic mass is 9.84. The van der Waals surface area contributed by atoms with Crippen molar-refractivity contribution in [1.29, 1.82) is 5.26 Å². The van der Waals surface area contributed by atoms with Gasteiger partial charge in [0.25, 0.3) is 0 Å². The van der Waals surface area contributed by atoms with E-state index in [0.717, 1.165) is 12.0 Å². The smallest absolute Gasteiger partial charge is 0.307 e. The summed E-state index contributed by atoms with van der Waals surface area (Å²) in [4.78, 5) is 11.7. The Morgan fingerprint density at radius 3 is 2.61 bits per heavy atom. The number of nitrogens with zero attached hydrogens (tertiary/aromatic N) is 1. The Kier molecular flexibility index (Phi) is 5.38. The number of carbonyl (C=O) groups excluding carboxylic acids is 1. The maximum atomic E-state index is 11.7. The van der Waals surface area contributed by atoms with E-state index >= 15 is 0 Å². The molecular formula is C15H19NO2. The Bertz CT molecular complexity index is 422. The first-order chi connectivity index (χ1) is 8.59. The molecule has 1 atom stereocenters. The average molecular weight is 245 g/mol. The number of ether oxygens (including phenoxy) is 1. The van der Waals surface area contributed by atoms with E-state index in [9.17, 15) is 4.79 Å². The minimum absolute atomic E-state index is 0.157. The predicted molar refractivity (Wildman–Crippen MR) is 69.5 cm³/mol. The lowest BCUT2D eigenvalue weighted by molar-refractivity contribution is -0.146. The van der Waals surface area contributed by atoms with Crippen LogP contribution in [0.2, 0.25) is 0 Å². The molecule has 1 aromatic carbocycles. The summed E-state index contributed by atoms with van der Waals surface area (Å²) in [6.07, 6.45) is 1.75. The van der Waals surface area contributed by atoms with Crippen molar-refractivity contribution in [1.82, 2.24) is 0 Å². The second-order valence-corrected chi connectivity index (χ2v) is 4.75. The Hall–Kier alpha value is -1.82. The summed E-state index contributed by atoms with van der Waals surface area (Å²) in [6, 6.07) is 11.7. The standard InChI is InChI=1S/C15H19NO2/c1-3-9-15(2,12-16)10-14(17)18-11-13-7-5-4-6-8-13/h4-8H,3,9-11H2,1-2H3. The maximum absolute atomic E-state index is 11.7. The van der Waals surface area contributed by atoms with Crippen LogP contribution in [0.5, 0.6) is 0 Å². The van der Waals surface area contributed by atoms with Crippen LogP contribution in [0.25, 0.3) is 0 Å². The first kappa shape index (κ1) is 14.2. The van der Waals surface area contributed by atoms with Gasteiger partial charge in [0.05, 0.1) is 17.9 Å². The van der Waals surface area contributed by atoms with Crippen LogP contribution in [0.4, 0.5) is 0 Å². The highest BCUT2D eigenvalue weighted by molar-refractivity contribution is 5.70. The molecule has 0 saturated carbocycles. The van der Waals surface area contributed by atoms with Crippen LogP contribution in [0.3, 0.4) is 0 Å². The monoisotopic (exact) mass is 245 g/mol. The second-order valence-electron chi connectivity index (χ2n) is 4.75. The van der Waals surface area contributed by atoms with E-state index in [0.29, 0.717) is 6.42 Å². The zero-order valence-electron chi connectivity index (χ0n) is 11.0. The van der Waals surface area contributed by atoms with Crippen LogP contribution in [0.1, 0.15) is 38.7 Å². The Morgan fingerprint density at radius 2 is 2.06 bits per heavy atom. The molecule has 3 heteroatoms. The lowest BCUT2D eigenvalue weighted by Crippen LogP contribution is -2.20. The van der Waals surface area contributed by atoms with Crippen LogP contribution in [-0.2, 0) is 16.1 Å². The molecule has 0 aliphatic carbocycles. The van der Waals surface area contributed by atoms with E-state index in [-0.39, 0.29) is 19.0 Å². The quantitative estimate of drug-likeness (QED) is 0.721. The second kappa shape index (κ2) is 6.80. The molecule has 0 bridgehead atoms. The number of hydrogen-bond donors (Lipinski definition) is 0. The third kappa shape index (κ3) is 4.58. The maximum Gasteiger partial charge on any atom is 0.307 e. The van der Waals surface area contributed by atoms with Crippen molar-refractivity contribution in [3.05, 3.63) is 35.9 Å². The fourth-order valence-electron chi connectivity index (χ4n) is 1.84. The Labute approximate surface area is 108 Å². The van der Waals surface area contributed by atoms with Gasteiger partial charge in [-0.2, -0.15) is 5.26 Å². The number of nitriles is 1. The summed E-state index contributed by atoms with van der Waals surface area (Å²) in [5.74, 6) is -0.309. The number of esters is 1. The SMILES string of the molecule is CCCC(C)(C#N)CC(=O)OCc1ccccc1. The van der Waals surface area contributed by atoms with Gasteiger partial charge in [-0.1, -0.05) is 43.7 Å². The molecule has 0 saturated heterocycles. The zero-order valence-corrected chi connectivity index (χ0v) is 11.0. The molecule has 1 rings (SSSR count). The van der Waals surface area contributed by atoms with Gasteiger partial charge in [0.15, 0.2) is 0 Å². The predicted octanol–water partition coefficient (Wildman–Crippen LogP) is 3.45. The summed E-state index contributed by atoms with van der Waals surface area (Å²) in [6.45, 7) is 4.08. The molecule has 3 nitrogen and oxygen atoms in total. The molecule has 0 N–H and O–H groups in total. The fraction of sp³-hybridized carbons (Fsp3) is 0.467. The number of benzene rings is 1. The highest BCUT2D eigenvalue weighted by atomic mass is 16.5. The fourth-order valence-corrected chi connectivity index (χ4v) is 1.84. The summed E-state index contributed by atoms with van der Waals surface area (Å²) in [5, 5.41) is 9.09. The van der Waals surface area contributed by atoms with E-state index in [1.165, 1.54) is 0 Å². The van der Waals surface area contributed by atoms with Gasteiger partial charge in [0.2, 0.25) is 0 Å². The average Bonchev–Trinajstić information content (AvgIpc) is 2.38. The molecule has 0 spiro atoms. The van der Waals surface area contributed by atoms with E-state index in [4.69, 9.17) is 10.00 Å². The lowest BCUT2D eigenvalue weighted by Gasteiger charge is -2.19. The van der Waals surface area contributed by atoms with Crippen LogP contribution in [0, 0.1) is 16.7 Å². The largest absolute Gasteiger partial charge is 0.461 e. The zero-order chi connectivity index (χ0) is 13.4. The van der Waals surface area contributed by atoms with Crippen molar-refractivity contribution in [2.24, 2.45) is 5.41 Å². The van der Waals surface area contributed by atoms with Crippen LogP contribution in [-0.4, -0.2) is 5.97 Å². The van der Waals surface area contributed by atoms with Crippen molar-refractivity contribution >= 4 is 5.97 Å². The van der Waals surface area contributed by atoms with Crippen LogP contribution < -0.4 is 0 Å². The molecule has 0 fully saturated rings. The van der Waals surface area contributed by atoms with Gasteiger partial charge in [-0.3, -0.25) is 4.79 Å². The van der Waals surface area contributed by atoms with Crippen LogP contribution >= 0.6 is 0 Å². The topological polar surface area (TPSA) is 50.1 Å². The van der Waals surface area contributed by atoms with Gasteiger partial charge in [-0.15, -0.1) is 0 Å². The molecule has 0 aromatic heterocycles. The molecule has 0 radical (unpaired) electrons. The number of rotatable bonds is 6. The van der Waals surface area contributed by atoms with Crippen molar-refractivity contribution in [2.45, 2.75) is 39.7 Å². The molecule has 0 aliphatic heterocycles. The number of hydrogen-bond acceptors (Lipinski definition) is 3. The van der Waals surface area contributed by atoms with E-state index < -0.39 is 5.41 Å². The molecule has 1 unspecified atom stereocenters. The van der Waals surface area contributed by atoms with Gasteiger partial charge in [0.1, 0.15) is 6.61 Å². The third-order valence-corrected chi connectivity index (χ3v) is 2.85. The third-order valence-electron chi connectivity index (χ3n) is 2.85. The first-order valence-corrected chi connectivity index (χ1v) is 6.20. The summed E-state index contributed by atoms with van der Waals surface area (Å²) in [7, 11) is 0.